The number of carboxylic acid groups (broad SMARTS) is 1. The molecule has 1 aliphatic rings. The molecule has 0 spiro atoms. The second-order valence-corrected chi connectivity index (χ2v) is 10.4. The van der Waals surface area contributed by atoms with Crippen molar-refractivity contribution in [2.24, 2.45) is 11.3 Å². The Bertz CT molecular complexity index is 575. The summed E-state index contributed by atoms with van der Waals surface area (Å²) >= 11 is 0. The first-order chi connectivity index (χ1) is 12.0. The van der Waals surface area contributed by atoms with Crippen molar-refractivity contribution in [3.8, 4) is 0 Å². The van der Waals surface area contributed by atoms with Gasteiger partial charge in [0.2, 0.25) is 15.9 Å². The van der Waals surface area contributed by atoms with Gasteiger partial charge >= 0.3 is 5.97 Å². The number of nitrogens with zero attached hydrogens (tertiary/aromatic N) is 1. The number of aliphatic carboxylic acids is 1. The number of amides is 1. The molecule has 2 N–H and O–H groups in total. The molecule has 8 heteroatoms. The summed E-state index contributed by atoms with van der Waals surface area (Å²) < 4.78 is 25.9. The molecule has 1 saturated heterocycles. The smallest absolute Gasteiger partial charge is 0.326 e. The molecular weight excluding hydrogens is 356 g/mol. The molecule has 1 atom stereocenters. The Morgan fingerprint density at radius 3 is 2.27 bits per heavy atom. The zero-order valence-corrected chi connectivity index (χ0v) is 17.3. The van der Waals surface area contributed by atoms with Crippen LogP contribution in [-0.4, -0.2) is 54.6 Å². The molecule has 0 radical (unpaired) electrons. The minimum Gasteiger partial charge on any atom is -0.480 e. The summed E-state index contributed by atoms with van der Waals surface area (Å²) in [7, 11) is -3.25. The van der Waals surface area contributed by atoms with Crippen molar-refractivity contribution in [3.63, 3.8) is 0 Å². The summed E-state index contributed by atoms with van der Waals surface area (Å²) in [6.07, 6.45) is 3.40. The molecule has 1 unspecified atom stereocenters. The van der Waals surface area contributed by atoms with Crippen molar-refractivity contribution < 1.29 is 23.1 Å². The van der Waals surface area contributed by atoms with E-state index in [1.54, 1.807) is 0 Å². The summed E-state index contributed by atoms with van der Waals surface area (Å²) in [5.74, 6) is -1.49. The van der Waals surface area contributed by atoms with Crippen LogP contribution in [0.3, 0.4) is 0 Å². The van der Waals surface area contributed by atoms with Crippen molar-refractivity contribution in [3.05, 3.63) is 0 Å². The standard InChI is InChI=1S/C18H34N2O5S/c1-5-6-13-26(24,25)20-11-8-14(9-12-20)16(21)19-15(17(22)23)7-10-18(2,3)4/h14-15H,5-13H2,1-4H3,(H,19,21)(H,22,23). The van der Waals surface area contributed by atoms with Gasteiger partial charge in [-0.05, 0) is 37.5 Å². The van der Waals surface area contributed by atoms with Crippen LogP contribution in [0.25, 0.3) is 0 Å². The maximum Gasteiger partial charge on any atom is 0.326 e. The highest BCUT2D eigenvalue weighted by Crippen LogP contribution is 2.23. The molecule has 7 nitrogen and oxygen atoms in total. The monoisotopic (exact) mass is 390 g/mol. The largest absolute Gasteiger partial charge is 0.480 e. The van der Waals surface area contributed by atoms with Gasteiger partial charge in [-0.15, -0.1) is 0 Å². The van der Waals surface area contributed by atoms with Crippen molar-refractivity contribution in [1.29, 1.82) is 0 Å². The Balaban J connectivity index is 2.55. The van der Waals surface area contributed by atoms with E-state index >= 15 is 0 Å². The number of sulfonamides is 1. The van der Waals surface area contributed by atoms with E-state index < -0.39 is 22.0 Å². The number of carboxylic acids is 1. The Morgan fingerprint density at radius 1 is 1.23 bits per heavy atom. The lowest BCUT2D eigenvalue weighted by Gasteiger charge is -2.31. The average Bonchev–Trinajstić information content (AvgIpc) is 2.55. The third kappa shape index (κ3) is 7.61. The molecule has 0 aromatic rings. The topological polar surface area (TPSA) is 104 Å². The van der Waals surface area contributed by atoms with E-state index in [9.17, 15) is 23.1 Å². The highest BCUT2D eigenvalue weighted by Gasteiger charge is 2.32. The van der Waals surface area contributed by atoms with Gasteiger partial charge in [-0.3, -0.25) is 4.79 Å². The number of rotatable bonds is 9. The molecule has 1 amide bonds. The van der Waals surface area contributed by atoms with Gasteiger partial charge in [-0.2, -0.15) is 0 Å². The molecule has 1 fully saturated rings. The third-order valence-corrected chi connectivity index (χ3v) is 6.73. The van der Waals surface area contributed by atoms with E-state index in [2.05, 4.69) is 5.32 Å². The van der Waals surface area contributed by atoms with E-state index in [4.69, 9.17) is 0 Å². The van der Waals surface area contributed by atoms with Crippen LogP contribution in [0, 0.1) is 11.3 Å². The van der Waals surface area contributed by atoms with E-state index in [1.165, 1.54) is 4.31 Å². The van der Waals surface area contributed by atoms with Gasteiger partial charge < -0.3 is 10.4 Å². The Labute approximate surface area is 157 Å². The van der Waals surface area contributed by atoms with Crippen LogP contribution < -0.4 is 5.32 Å². The van der Waals surface area contributed by atoms with E-state index in [0.29, 0.717) is 45.2 Å². The molecule has 0 aliphatic carbocycles. The van der Waals surface area contributed by atoms with Gasteiger partial charge in [0.1, 0.15) is 6.04 Å². The molecule has 0 aromatic heterocycles. The summed E-state index contributed by atoms with van der Waals surface area (Å²) in [4.78, 5) is 23.8. The number of carbonyl (C=O) groups is 2. The van der Waals surface area contributed by atoms with E-state index in [1.807, 2.05) is 27.7 Å². The Hall–Kier alpha value is -1.15. The maximum atomic E-state index is 12.4. The Morgan fingerprint density at radius 2 is 1.81 bits per heavy atom. The lowest BCUT2D eigenvalue weighted by atomic mass is 9.88. The van der Waals surface area contributed by atoms with Crippen molar-refractivity contribution in [2.75, 3.05) is 18.8 Å². The predicted octanol–water partition coefficient (Wildman–Crippen LogP) is 2.22. The molecule has 1 heterocycles. The third-order valence-electron chi connectivity index (χ3n) is 4.77. The SMILES string of the molecule is CCCCS(=O)(=O)N1CCC(C(=O)NC(CCC(C)(C)C)C(=O)O)CC1. The van der Waals surface area contributed by atoms with Crippen molar-refractivity contribution >= 4 is 21.9 Å². The van der Waals surface area contributed by atoms with Crippen LogP contribution in [0.15, 0.2) is 0 Å². The highest BCUT2D eigenvalue weighted by molar-refractivity contribution is 7.89. The van der Waals surface area contributed by atoms with Gasteiger partial charge in [0.15, 0.2) is 0 Å². The highest BCUT2D eigenvalue weighted by atomic mass is 32.2. The summed E-state index contributed by atoms with van der Waals surface area (Å²) in [6, 6.07) is -0.895. The summed E-state index contributed by atoms with van der Waals surface area (Å²) in [5.41, 5.74) is -0.00336. The molecule has 0 saturated carbocycles. The predicted molar refractivity (Wildman–Crippen MR) is 101 cm³/mol. The quantitative estimate of drug-likeness (QED) is 0.628. The summed E-state index contributed by atoms with van der Waals surface area (Å²) in [5, 5.41) is 12.0. The number of piperidine rings is 1. The average molecular weight is 391 g/mol. The molecule has 26 heavy (non-hydrogen) atoms. The first kappa shape index (κ1) is 22.9. The number of carbonyl (C=O) groups excluding carboxylic acids is 1. The fourth-order valence-electron chi connectivity index (χ4n) is 2.98. The molecule has 1 aliphatic heterocycles. The second-order valence-electron chi connectivity index (χ2n) is 8.34. The molecule has 0 bridgehead atoms. The zero-order chi connectivity index (χ0) is 20.0. The van der Waals surface area contributed by atoms with Gasteiger partial charge in [0.25, 0.3) is 0 Å². The number of hydrogen-bond donors (Lipinski definition) is 2. The van der Waals surface area contributed by atoms with Crippen molar-refractivity contribution in [1.82, 2.24) is 9.62 Å². The van der Waals surface area contributed by atoms with Crippen LogP contribution in [0.4, 0.5) is 0 Å². The normalized spacial score (nSPS) is 18.5. The molecule has 0 aromatic carbocycles. The number of unbranched alkanes of at least 4 members (excludes halogenated alkanes) is 1. The first-order valence-corrected chi connectivity index (χ1v) is 11.1. The zero-order valence-electron chi connectivity index (χ0n) is 16.5. The van der Waals surface area contributed by atoms with Gasteiger partial charge in [-0.25, -0.2) is 17.5 Å². The lowest BCUT2D eigenvalue weighted by Crippen LogP contribution is -2.48. The first-order valence-electron chi connectivity index (χ1n) is 9.47. The Kier molecular flexibility index (Phi) is 8.53. The van der Waals surface area contributed by atoms with Gasteiger partial charge in [0, 0.05) is 19.0 Å². The number of hydrogen-bond acceptors (Lipinski definition) is 4. The molecule has 1 rings (SSSR count). The van der Waals surface area contributed by atoms with Gasteiger partial charge in [-0.1, -0.05) is 34.1 Å². The van der Waals surface area contributed by atoms with Crippen LogP contribution in [0.1, 0.15) is 66.2 Å². The summed E-state index contributed by atoms with van der Waals surface area (Å²) in [6.45, 7) is 8.69. The maximum absolute atomic E-state index is 12.4. The van der Waals surface area contributed by atoms with Gasteiger partial charge in [0.05, 0.1) is 5.75 Å². The minimum atomic E-state index is -3.25. The van der Waals surface area contributed by atoms with Crippen LogP contribution in [0.2, 0.25) is 0 Å². The fourth-order valence-corrected chi connectivity index (χ4v) is 4.66. The molecular formula is C18H34N2O5S. The number of nitrogens with one attached hydrogen (secondary N) is 1. The van der Waals surface area contributed by atoms with Crippen LogP contribution >= 0.6 is 0 Å². The second kappa shape index (κ2) is 9.69. The fraction of sp³-hybridized carbons (Fsp3) is 0.889. The van der Waals surface area contributed by atoms with Crippen molar-refractivity contribution in [2.45, 2.75) is 72.3 Å². The van der Waals surface area contributed by atoms with E-state index in [0.717, 1.165) is 6.42 Å². The van der Waals surface area contributed by atoms with Crippen LogP contribution in [-0.2, 0) is 19.6 Å². The molecule has 152 valence electrons. The minimum absolute atomic E-state index is 0.00336. The van der Waals surface area contributed by atoms with E-state index in [-0.39, 0.29) is 23.0 Å². The lowest BCUT2D eigenvalue weighted by molar-refractivity contribution is -0.143. The van der Waals surface area contributed by atoms with Crippen LogP contribution in [0.5, 0.6) is 0 Å².